The smallest absolute Gasteiger partial charge is 0.335 e. The van der Waals surface area contributed by atoms with Gasteiger partial charge in [-0.2, -0.15) is 9.78 Å². The van der Waals surface area contributed by atoms with Gasteiger partial charge in [0.05, 0.1) is 22.7 Å². The molecule has 0 saturated carbocycles. The van der Waals surface area contributed by atoms with Crippen molar-refractivity contribution in [3.63, 3.8) is 0 Å². The minimum absolute atomic E-state index is 0.222. The van der Waals surface area contributed by atoms with Crippen LogP contribution in [0.15, 0.2) is 81.1 Å². The van der Waals surface area contributed by atoms with Crippen LogP contribution in [0.25, 0.3) is 10.9 Å². The van der Waals surface area contributed by atoms with E-state index >= 15 is 0 Å². The van der Waals surface area contributed by atoms with Gasteiger partial charge in [0, 0.05) is 10.9 Å². The Hall–Kier alpha value is -3.78. The molecule has 3 aromatic carbocycles. The van der Waals surface area contributed by atoms with Gasteiger partial charge in [0.1, 0.15) is 18.2 Å². The fourth-order valence-electron chi connectivity index (χ4n) is 3.28. The second-order valence-electron chi connectivity index (χ2n) is 7.27. The van der Waals surface area contributed by atoms with Gasteiger partial charge >= 0.3 is 5.97 Å². The van der Waals surface area contributed by atoms with Gasteiger partial charge in [-0.15, -0.1) is 0 Å². The predicted molar refractivity (Wildman–Crippen MR) is 130 cm³/mol. The molecule has 0 aliphatic rings. The average Bonchev–Trinajstić information content (AvgIpc) is 2.83. The summed E-state index contributed by atoms with van der Waals surface area (Å²) >= 11 is 3.39. The number of hydrogen-bond donors (Lipinski definition) is 1. The van der Waals surface area contributed by atoms with E-state index in [4.69, 9.17) is 9.84 Å². The number of fused-ring (bicyclic) bond motifs is 1. The van der Waals surface area contributed by atoms with Crippen molar-refractivity contribution in [2.24, 2.45) is 5.10 Å². The molecule has 0 fully saturated rings. The number of rotatable bonds is 7. The topological polar surface area (TPSA) is 93.8 Å². The first-order valence-electron chi connectivity index (χ1n) is 10.2. The van der Waals surface area contributed by atoms with Crippen molar-refractivity contribution in [3.05, 3.63) is 104 Å². The van der Waals surface area contributed by atoms with E-state index in [1.54, 1.807) is 42.6 Å². The third kappa shape index (κ3) is 5.18. The monoisotopic (exact) mass is 505 g/mol. The Kier molecular flexibility index (Phi) is 6.65. The van der Waals surface area contributed by atoms with Crippen LogP contribution >= 0.6 is 15.9 Å². The molecule has 1 heterocycles. The van der Waals surface area contributed by atoms with E-state index in [-0.39, 0.29) is 17.7 Å². The molecule has 4 rings (SSSR count). The maximum atomic E-state index is 13.0. The summed E-state index contributed by atoms with van der Waals surface area (Å²) in [7, 11) is 0. The SMILES string of the molecule is CCc1nc2ccc(Br)cc2c(=O)n1N=Cc1ccc(OCc2cccc(C(=O)O)c2)cc1. The van der Waals surface area contributed by atoms with Crippen molar-refractivity contribution in [2.45, 2.75) is 20.0 Å². The Morgan fingerprint density at radius 1 is 1.15 bits per heavy atom. The van der Waals surface area contributed by atoms with Gasteiger partial charge in [-0.1, -0.05) is 35.0 Å². The number of aromatic nitrogens is 2. The highest BCUT2D eigenvalue weighted by molar-refractivity contribution is 9.10. The molecule has 1 N–H and O–H groups in total. The number of aryl methyl sites for hydroxylation is 1. The summed E-state index contributed by atoms with van der Waals surface area (Å²) in [6.07, 6.45) is 2.17. The van der Waals surface area contributed by atoms with Crippen molar-refractivity contribution in [2.75, 3.05) is 0 Å². The Labute approximate surface area is 198 Å². The summed E-state index contributed by atoms with van der Waals surface area (Å²) in [5, 5.41) is 14.0. The summed E-state index contributed by atoms with van der Waals surface area (Å²) in [5.41, 5.74) is 2.20. The van der Waals surface area contributed by atoms with Crippen LogP contribution in [-0.4, -0.2) is 27.0 Å². The van der Waals surface area contributed by atoms with Crippen molar-refractivity contribution in [1.82, 2.24) is 9.66 Å². The number of halogens is 1. The first-order chi connectivity index (χ1) is 15.9. The molecule has 1 aromatic heterocycles. The van der Waals surface area contributed by atoms with E-state index < -0.39 is 5.97 Å². The molecule has 0 saturated heterocycles. The van der Waals surface area contributed by atoms with E-state index in [1.807, 2.05) is 37.3 Å². The van der Waals surface area contributed by atoms with Crippen molar-refractivity contribution >= 4 is 39.0 Å². The van der Waals surface area contributed by atoms with E-state index in [2.05, 4.69) is 26.0 Å². The molecule has 0 aliphatic carbocycles. The van der Waals surface area contributed by atoms with Gasteiger partial charge in [-0.3, -0.25) is 4.79 Å². The highest BCUT2D eigenvalue weighted by Gasteiger charge is 2.09. The second-order valence-corrected chi connectivity index (χ2v) is 8.18. The lowest BCUT2D eigenvalue weighted by atomic mass is 10.1. The van der Waals surface area contributed by atoms with E-state index in [0.29, 0.717) is 28.9 Å². The van der Waals surface area contributed by atoms with Gasteiger partial charge in [0.15, 0.2) is 0 Å². The second kappa shape index (κ2) is 9.79. The molecule has 0 amide bonds. The maximum absolute atomic E-state index is 13.0. The van der Waals surface area contributed by atoms with Crippen LogP contribution in [0.3, 0.4) is 0 Å². The van der Waals surface area contributed by atoms with Crippen molar-refractivity contribution in [1.29, 1.82) is 0 Å². The summed E-state index contributed by atoms with van der Waals surface area (Å²) in [6, 6.07) is 19.3. The summed E-state index contributed by atoms with van der Waals surface area (Å²) in [4.78, 5) is 28.6. The van der Waals surface area contributed by atoms with Gasteiger partial charge < -0.3 is 9.84 Å². The molecule has 0 atom stereocenters. The van der Waals surface area contributed by atoms with Gasteiger partial charge in [-0.05, 0) is 65.7 Å². The number of nitrogens with zero attached hydrogens (tertiary/aromatic N) is 3. The summed E-state index contributed by atoms with van der Waals surface area (Å²) in [6.45, 7) is 2.18. The zero-order chi connectivity index (χ0) is 23.4. The molecular formula is C25H20BrN3O4. The Bertz CT molecular complexity index is 1410. The highest BCUT2D eigenvalue weighted by atomic mass is 79.9. The Balaban J connectivity index is 1.51. The fourth-order valence-corrected chi connectivity index (χ4v) is 3.64. The first kappa shape index (κ1) is 22.4. The van der Waals surface area contributed by atoms with Crippen LogP contribution in [0, 0.1) is 0 Å². The standard InChI is InChI=1S/C25H20BrN3O4/c1-2-23-28-22-11-8-19(26)13-21(22)24(30)29(23)27-14-16-6-9-20(10-7-16)33-15-17-4-3-5-18(12-17)25(31)32/h3-14H,2,15H2,1H3,(H,31,32). The Morgan fingerprint density at radius 3 is 2.67 bits per heavy atom. The zero-order valence-corrected chi connectivity index (χ0v) is 19.3. The van der Waals surface area contributed by atoms with Crippen LogP contribution in [-0.2, 0) is 13.0 Å². The van der Waals surface area contributed by atoms with E-state index in [0.717, 1.165) is 15.6 Å². The lowest BCUT2D eigenvalue weighted by Crippen LogP contribution is -2.22. The van der Waals surface area contributed by atoms with Gasteiger partial charge in [0.25, 0.3) is 5.56 Å². The lowest BCUT2D eigenvalue weighted by molar-refractivity contribution is 0.0696. The van der Waals surface area contributed by atoms with Gasteiger partial charge in [0.2, 0.25) is 0 Å². The van der Waals surface area contributed by atoms with Crippen LogP contribution in [0.2, 0.25) is 0 Å². The first-order valence-corrected chi connectivity index (χ1v) is 11.0. The molecule has 0 radical (unpaired) electrons. The number of hydrogen-bond acceptors (Lipinski definition) is 5. The molecular weight excluding hydrogens is 486 g/mol. The fraction of sp³-hybridized carbons (Fsp3) is 0.120. The number of benzene rings is 3. The minimum atomic E-state index is -0.972. The summed E-state index contributed by atoms with van der Waals surface area (Å²) in [5.74, 6) is 0.242. The van der Waals surface area contributed by atoms with E-state index in [9.17, 15) is 9.59 Å². The molecule has 4 aromatic rings. The zero-order valence-electron chi connectivity index (χ0n) is 17.7. The number of carboxylic acids is 1. The maximum Gasteiger partial charge on any atom is 0.335 e. The molecule has 0 aliphatic heterocycles. The third-order valence-electron chi connectivity index (χ3n) is 4.97. The Morgan fingerprint density at radius 2 is 1.94 bits per heavy atom. The number of carbonyl (C=O) groups is 1. The van der Waals surface area contributed by atoms with Gasteiger partial charge in [-0.25, -0.2) is 9.78 Å². The van der Waals surface area contributed by atoms with Crippen LogP contribution < -0.4 is 10.3 Å². The normalized spacial score (nSPS) is 11.2. The minimum Gasteiger partial charge on any atom is -0.489 e. The van der Waals surface area contributed by atoms with E-state index in [1.165, 1.54) is 4.68 Å². The van der Waals surface area contributed by atoms with Crippen molar-refractivity contribution < 1.29 is 14.6 Å². The van der Waals surface area contributed by atoms with Crippen LogP contribution in [0.1, 0.15) is 34.2 Å². The van der Waals surface area contributed by atoms with Crippen LogP contribution in [0.5, 0.6) is 5.75 Å². The average molecular weight is 506 g/mol. The molecule has 0 spiro atoms. The lowest BCUT2D eigenvalue weighted by Gasteiger charge is -2.08. The third-order valence-corrected chi connectivity index (χ3v) is 5.47. The van der Waals surface area contributed by atoms with Crippen molar-refractivity contribution in [3.8, 4) is 5.75 Å². The largest absolute Gasteiger partial charge is 0.489 e. The number of carboxylic acid groups (broad SMARTS) is 1. The predicted octanol–water partition coefficient (Wildman–Crippen LogP) is 4.88. The molecule has 0 bridgehead atoms. The van der Waals surface area contributed by atoms with Crippen LogP contribution in [0.4, 0.5) is 0 Å². The highest BCUT2D eigenvalue weighted by Crippen LogP contribution is 2.17. The molecule has 7 nitrogen and oxygen atoms in total. The molecule has 166 valence electrons. The number of aromatic carboxylic acids is 1. The molecule has 33 heavy (non-hydrogen) atoms. The molecule has 8 heteroatoms. The molecule has 0 unspecified atom stereocenters. The number of ether oxygens (including phenoxy) is 1. The summed E-state index contributed by atoms with van der Waals surface area (Å²) < 4.78 is 7.89. The quantitative estimate of drug-likeness (QED) is 0.361.